The Balaban J connectivity index is 1.97. The molecule has 0 fully saturated rings. The molecule has 3 nitrogen and oxygen atoms in total. The van der Waals surface area contributed by atoms with Crippen LogP contribution in [0.2, 0.25) is 0 Å². The highest BCUT2D eigenvalue weighted by molar-refractivity contribution is 5.52. The highest BCUT2D eigenvalue weighted by Crippen LogP contribution is 2.48. The summed E-state index contributed by atoms with van der Waals surface area (Å²) in [5.41, 5.74) is 2.83. The standard InChI is InChI=1S/C17H25NO2/c1-4-6-18-17-12(3)11(2)13-9-15-16(10-14(13)17)20-8-5-7-19-15/h9-12,17-18H,4-8H2,1-3H3. The van der Waals surface area contributed by atoms with Crippen LogP contribution in [-0.4, -0.2) is 19.8 Å². The topological polar surface area (TPSA) is 30.5 Å². The van der Waals surface area contributed by atoms with Crippen LogP contribution >= 0.6 is 0 Å². The van der Waals surface area contributed by atoms with Crippen molar-refractivity contribution in [2.45, 2.75) is 45.6 Å². The van der Waals surface area contributed by atoms with Crippen LogP contribution < -0.4 is 14.8 Å². The van der Waals surface area contributed by atoms with Gasteiger partial charge >= 0.3 is 0 Å². The molecule has 3 unspecified atom stereocenters. The maximum Gasteiger partial charge on any atom is 0.161 e. The van der Waals surface area contributed by atoms with Gasteiger partial charge in [0.25, 0.3) is 0 Å². The molecule has 0 aromatic heterocycles. The van der Waals surface area contributed by atoms with Gasteiger partial charge in [-0.25, -0.2) is 0 Å². The Labute approximate surface area is 121 Å². The largest absolute Gasteiger partial charge is 0.490 e. The lowest BCUT2D eigenvalue weighted by Gasteiger charge is -2.20. The summed E-state index contributed by atoms with van der Waals surface area (Å²) in [6, 6.07) is 4.87. The Bertz CT molecular complexity index is 486. The summed E-state index contributed by atoms with van der Waals surface area (Å²) in [6.45, 7) is 9.45. The molecule has 0 amide bonds. The molecule has 1 N–H and O–H groups in total. The summed E-state index contributed by atoms with van der Waals surface area (Å²) in [5.74, 6) is 3.03. The van der Waals surface area contributed by atoms with Crippen LogP contribution in [0, 0.1) is 5.92 Å². The summed E-state index contributed by atoms with van der Waals surface area (Å²) in [7, 11) is 0. The zero-order chi connectivity index (χ0) is 14.1. The van der Waals surface area contributed by atoms with Gasteiger partial charge in [-0.05, 0) is 48.1 Å². The quantitative estimate of drug-likeness (QED) is 0.913. The second kappa shape index (κ2) is 5.65. The van der Waals surface area contributed by atoms with Crippen molar-refractivity contribution in [1.29, 1.82) is 0 Å². The van der Waals surface area contributed by atoms with E-state index in [2.05, 4.69) is 38.2 Å². The first-order valence-electron chi connectivity index (χ1n) is 7.89. The van der Waals surface area contributed by atoms with Gasteiger partial charge in [0, 0.05) is 12.5 Å². The molecule has 1 aliphatic carbocycles. The van der Waals surface area contributed by atoms with Crippen molar-refractivity contribution in [3.8, 4) is 11.5 Å². The van der Waals surface area contributed by atoms with Gasteiger partial charge in [0.05, 0.1) is 13.2 Å². The average molecular weight is 275 g/mol. The van der Waals surface area contributed by atoms with Crippen molar-refractivity contribution < 1.29 is 9.47 Å². The highest BCUT2D eigenvalue weighted by atomic mass is 16.5. The average Bonchev–Trinajstić information content (AvgIpc) is 2.64. The SMILES string of the molecule is CCCNC1c2cc3c(cc2C(C)C1C)OCCCO3. The second-order valence-electron chi connectivity index (χ2n) is 6.06. The monoisotopic (exact) mass is 275 g/mol. The first-order valence-corrected chi connectivity index (χ1v) is 7.89. The molecule has 20 heavy (non-hydrogen) atoms. The molecular weight excluding hydrogens is 250 g/mol. The fourth-order valence-electron chi connectivity index (χ4n) is 3.35. The Morgan fingerprint density at radius 2 is 1.75 bits per heavy atom. The highest BCUT2D eigenvalue weighted by Gasteiger charge is 2.36. The van der Waals surface area contributed by atoms with Gasteiger partial charge in [-0.15, -0.1) is 0 Å². The fourth-order valence-corrected chi connectivity index (χ4v) is 3.35. The predicted molar refractivity (Wildman–Crippen MR) is 80.7 cm³/mol. The van der Waals surface area contributed by atoms with Gasteiger partial charge < -0.3 is 14.8 Å². The summed E-state index contributed by atoms with van der Waals surface area (Å²) < 4.78 is 11.7. The number of benzene rings is 1. The molecular formula is C17H25NO2. The fraction of sp³-hybridized carbons (Fsp3) is 0.647. The van der Waals surface area contributed by atoms with Crippen LogP contribution in [0.5, 0.6) is 11.5 Å². The molecule has 0 bridgehead atoms. The van der Waals surface area contributed by atoms with Gasteiger partial charge in [0.2, 0.25) is 0 Å². The number of ether oxygens (including phenoxy) is 2. The zero-order valence-corrected chi connectivity index (χ0v) is 12.7. The van der Waals surface area contributed by atoms with E-state index in [1.54, 1.807) is 0 Å². The van der Waals surface area contributed by atoms with E-state index >= 15 is 0 Å². The first-order chi connectivity index (χ1) is 9.72. The predicted octanol–water partition coefficient (Wildman–Crippen LogP) is 3.64. The van der Waals surface area contributed by atoms with Crippen molar-refractivity contribution in [3.63, 3.8) is 0 Å². The van der Waals surface area contributed by atoms with E-state index < -0.39 is 0 Å². The van der Waals surface area contributed by atoms with Gasteiger partial charge in [-0.3, -0.25) is 0 Å². The van der Waals surface area contributed by atoms with E-state index in [0.29, 0.717) is 17.9 Å². The van der Waals surface area contributed by atoms with Crippen molar-refractivity contribution in [1.82, 2.24) is 5.32 Å². The van der Waals surface area contributed by atoms with Gasteiger partial charge in [0.15, 0.2) is 11.5 Å². The molecule has 0 saturated carbocycles. The van der Waals surface area contributed by atoms with Crippen molar-refractivity contribution in [2.24, 2.45) is 5.92 Å². The van der Waals surface area contributed by atoms with Crippen LogP contribution in [0.1, 0.15) is 56.7 Å². The van der Waals surface area contributed by atoms with E-state index in [1.165, 1.54) is 11.1 Å². The third-order valence-electron chi connectivity index (χ3n) is 4.71. The maximum absolute atomic E-state index is 5.84. The summed E-state index contributed by atoms with van der Waals surface area (Å²) in [4.78, 5) is 0. The van der Waals surface area contributed by atoms with Crippen LogP contribution in [0.15, 0.2) is 12.1 Å². The zero-order valence-electron chi connectivity index (χ0n) is 12.7. The molecule has 3 atom stereocenters. The Kier molecular flexibility index (Phi) is 3.88. The van der Waals surface area contributed by atoms with Crippen LogP contribution in [0.4, 0.5) is 0 Å². The van der Waals surface area contributed by atoms with Crippen LogP contribution in [-0.2, 0) is 0 Å². The molecule has 1 heterocycles. The van der Waals surface area contributed by atoms with E-state index in [9.17, 15) is 0 Å². The summed E-state index contributed by atoms with van der Waals surface area (Å²) in [6.07, 6.45) is 2.13. The first kappa shape index (κ1) is 13.7. The molecule has 1 aliphatic heterocycles. The van der Waals surface area contributed by atoms with Crippen molar-refractivity contribution in [3.05, 3.63) is 23.3 Å². The van der Waals surface area contributed by atoms with Crippen LogP contribution in [0.25, 0.3) is 0 Å². The molecule has 0 radical (unpaired) electrons. The van der Waals surface area contributed by atoms with E-state index in [0.717, 1.165) is 44.1 Å². The minimum Gasteiger partial charge on any atom is -0.490 e. The normalized spacial score (nSPS) is 28.1. The minimum absolute atomic E-state index is 0.442. The maximum atomic E-state index is 5.84. The molecule has 0 saturated heterocycles. The number of fused-ring (bicyclic) bond motifs is 2. The number of hydrogen-bond acceptors (Lipinski definition) is 3. The molecule has 110 valence electrons. The van der Waals surface area contributed by atoms with Gasteiger partial charge in [0.1, 0.15) is 0 Å². The minimum atomic E-state index is 0.442. The second-order valence-corrected chi connectivity index (χ2v) is 6.06. The molecule has 3 heteroatoms. The third kappa shape index (κ3) is 2.28. The lowest BCUT2D eigenvalue weighted by molar-refractivity contribution is 0.296. The van der Waals surface area contributed by atoms with E-state index in [-0.39, 0.29) is 0 Å². The molecule has 2 aliphatic rings. The molecule has 1 aromatic carbocycles. The lowest BCUT2D eigenvalue weighted by atomic mass is 9.94. The van der Waals surface area contributed by atoms with Gasteiger partial charge in [-0.1, -0.05) is 20.8 Å². The number of rotatable bonds is 3. The summed E-state index contributed by atoms with van der Waals surface area (Å²) >= 11 is 0. The lowest BCUT2D eigenvalue weighted by Crippen LogP contribution is -2.25. The molecule has 3 rings (SSSR count). The van der Waals surface area contributed by atoms with E-state index in [4.69, 9.17) is 9.47 Å². The Morgan fingerprint density at radius 3 is 2.40 bits per heavy atom. The van der Waals surface area contributed by atoms with Gasteiger partial charge in [-0.2, -0.15) is 0 Å². The molecule has 0 spiro atoms. The number of nitrogens with one attached hydrogen (secondary N) is 1. The van der Waals surface area contributed by atoms with E-state index in [1.807, 2.05) is 0 Å². The number of hydrogen-bond donors (Lipinski definition) is 1. The molecule has 1 aromatic rings. The Hall–Kier alpha value is -1.22. The van der Waals surface area contributed by atoms with Crippen LogP contribution in [0.3, 0.4) is 0 Å². The van der Waals surface area contributed by atoms with Crippen molar-refractivity contribution in [2.75, 3.05) is 19.8 Å². The Morgan fingerprint density at radius 1 is 1.10 bits per heavy atom. The third-order valence-corrected chi connectivity index (χ3v) is 4.71. The summed E-state index contributed by atoms with van der Waals surface area (Å²) in [5, 5.41) is 3.69. The van der Waals surface area contributed by atoms with Crippen molar-refractivity contribution >= 4 is 0 Å². The smallest absolute Gasteiger partial charge is 0.161 e.